The zero-order valence-electron chi connectivity index (χ0n) is 10.8. The number of amides is 1. The number of carbonyl (C=O) groups is 1. The highest BCUT2D eigenvalue weighted by Gasteiger charge is 2.31. The summed E-state index contributed by atoms with van der Waals surface area (Å²) in [5.74, 6) is 1.15. The van der Waals surface area contributed by atoms with E-state index in [0.29, 0.717) is 12.3 Å². The van der Waals surface area contributed by atoms with Gasteiger partial charge in [-0.2, -0.15) is 30.2 Å². The molecule has 1 aromatic carbocycles. The zero-order chi connectivity index (χ0) is 15.5. The van der Waals surface area contributed by atoms with Crippen molar-refractivity contribution in [1.29, 1.82) is 5.26 Å². The predicted octanol–water partition coefficient (Wildman–Crippen LogP) is 2.22. The summed E-state index contributed by atoms with van der Waals surface area (Å²) < 4.78 is 37.7. The molecule has 2 N–H and O–H groups in total. The number of nitrogens with one attached hydrogen (secondary N) is 2. The number of hydrogen-bond acceptors (Lipinski definition) is 4. The van der Waals surface area contributed by atoms with Gasteiger partial charge in [-0.1, -0.05) is 0 Å². The van der Waals surface area contributed by atoms with Crippen LogP contribution in [0.3, 0.4) is 0 Å². The minimum absolute atomic E-state index is 0.0906. The van der Waals surface area contributed by atoms with Crippen LogP contribution < -0.4 is 10.6 Å². The van der Waals surface area contributed by atoms with Crippen molar-refractivity contribution in [1.82, 2.24) is 5.32 Å². The fourth-order valence-corrected chi connectivity index (χ4v) is 2.81. The SMILES string of the molecule is N#Cc1cc(C(F)(F)F)ccc1NC(=O)C1CSCCN1. The minimum atomic E-state index is -4.52. The van der Waals surface area contributed by atoms with Crippen LogP contribution in [0.25, 0.3) is 0 Å². The molecule has 0 aliphatic carbocycles. The molecule has 1 amide bonds. The van der Waals surface area contributed by atoms with Crippen molar-refractivity contribution in [2.45, 2.75) is 12.2 Å². The smallest absolute Gasteiger partial charge is 0.324 e. The van der Waals surface area contributed by atoms with Crippen LogP contribution in [0, 0.1) is 11.3 Å². The third-order valence-corrected chi connectivity index (χ3v) is 4.03. The van der Waals surface area contributed by atoms with Crippen molar-refractivity contribution in [3.8, 4) is 6.07 Å². The molecule has 1 aromatic rings. The van der Waals surface area contributed by atoms with Gasteiger partial charge in [0.2, 0.25) is 5.91 Å². The summed E-state index contributed by atoms with van der Waals surface area (Å²) in [6.45, 7) is 0.695. The number of carbonyl (C=O) groups excluding carboxylic acids is 1. The highest BCUT2D eigenvalue weighted by atomic mass is 32.2. The lowest BCUT2D eigenvalue weighted by atomic mass is 10.1. The van der Waals surface area contributed by atoms with Crippen LogP contribution in [0.4, 0.5) is 18.9 Å². The number of benzene rings is 1. The molecule has 1 atom stereocenters. The molecule has 1 aliphatic rings. The topological polar surface area (TPSA) is 64.9 Å². The van der Waals surface area contributed by atoms with E-state index in [0.717, 1.165) is 24.0 Å². The van der Waals surface area contributed by atoms with Crippen LogP contribution in [-0.2, 0) is 11.0 Å². The van der Waals surface area contributed by atoms with Gasteiger partial charge in [-0.25, -0.2) is 0 Å². The summed E-state index contributed by atoms with van der Waals surface area (Å²) in [6, 6.07) is 3.96. The van der Waals surface area contributed by atoms with E-state index < -0.39 is 17.8 Å². The molecule has 0 spiro atoms. The van der Waals surface area contributed by atoms with Crippen molar-refractivity contribution in [2.24, 2.45) is 0 Å². The van der Waals surface area contributed by atoms with Crippen LogP contribution >= 0.6 is 11.8 Å². The number of thioether (sulfide) groups is 1. The molecule has 112 valence electrons. The quantitative estimate of drug-likeness (QED) is 0.878. The third kappa shape index (κ3) is 3.89. The van der Waals surface area contributed by atoms with Gasteiger partial charge in [0.05, 0.1) is 22.9 Å². The Kier molecular flexibility index (Phi) is 4.75. The molecule has 1 fully saturated rings. The zero-order valence-corrected chi connectivity index (χ0v) is 11.6. The molecular formula is C13H12F3N3OS. The van der Waals surface area contributed by atoms with E-state index >= 15 is 0 Å². The van der Waals surface area contributed by atoms with Gasteiger partial charge < -0.3 is 10.6 Å². The van der Waals surface area contributed by atoms with Crippen molar-refractivity contribution in [3.05, 3.63) is 29.3 Å². The highest BCUT2D eigenvalue weighted by molar-refractivity contribution is 7.99. The second kappa shape index (κ2) is 6.37. The molecular weight excluding hydrogens is 303 g/mol. The molecule has 1 saturated heterocycles. The second-order valence-electron chi connectivity index (χ2n) is 4.44. The van der Waals surface area contributed by atoms with Gasteiger partial charge in [0.15, 0.2) is 0 Å². The highest BCUT2D eigenvalue weighted by Crippen LogP contribution is 2.31. The Balaban J connectivity index is 2.16. The number of hydrogen-bond donors (Lipinski definition) is 2. The van der Waals surface area contributed by atoms with Gasteiger partial charge in [-0.15, -0.1) is 0 Å². The molecule has 1 aliphatic heterocycles. The summed E-state index contributed by atoms with van der Waals surface area (Å²) in [5.41, 5.74) is -1.03. The summed E-state index contributed by atoms with van der Waals surface area (Å²) >= 11 is 1.62. The Morgan fingerprint density at radius 3 is 2.81 bits per heavy atom. The standard InChI is InChI=1S/C13H12F3N3OS/c14-13(15,16)9-1-2-10(8(5-9)6-17)19-12(20)11-7-21-4-3-18-11/h1-2,5,11,18H,3-4,7H2,(H,19,20). The Labute approximate surface area is 123 Å². The maximum absolute atomic E-state index is 12.6. The van der Waals surface area contributed by atoms with Crippen molar-refractivity contribution >= 4 is 23.4 Å². The van der Waals surface area contributed by atoms with Gasteiger partial charge in [0.25, 0.3) is 0 Å². The van der Waals surface area contributed by atoms with Crippen LogP contribution in [-0.4, -0.2) is 30.0 Å². The number of halogens is 3. The van der Waals surface area contributed by atoms with Gasteiger partial charge >= 0.3 is 6.18 Å². The summed E-state index contributed by atoms with van der Waals surface area (Å²) in [6.07, 6.45) is -4.52. The molecule has 1 heterocycles. The Bertz CT molecular complexity index is 577. The third-order valence-electron chi connectivity index (χ3n) is 2.96. The van der Waals surface area contributed by atoms with Crippen LogP contribution in [0.2, 0.25) is 0 Å². The van der Waals surface area contributed by atoms with E-state index in [-0.39, 0.29) is 17.2 Å². The number of alkyl halides is 3. The van der Waals surface area contributed by atoms with Crippen LogP contribution in [0.1, 0.15) is 11.1 Å². The van der Waals surface area contributed by atoms with Crippen molar-refractivity contribution in [3.63, 3.8) is 0 Å². The van der Waals surface area contributed by atoms with Crippen molar-refractivity contribution in [2.75, 3.05) is 23.4 Å². The number of rotatable bonds is 2. The van der Waals surface area contributed by atoms with Crippen LogP contribution in [0.5, 0.6) is 0 Å². The van der Waals surface area contributed by atoms with E-state index in [1.807, 2.05) is 0 Å². The maximum Gasteiger partial charge on any atom is 0.416 e. The lowest BCUT2D eigenvalue weighted by molar-refractivity contribution is -0.137. The van der Waals surface area contributed by atoms with E-state index in [2.05, 4.69) is 10.6 Å². The number of nitrogens with zero attached hydrogens (tertiary/aromatic N) is 1. The van der Waals surface area contributed by atoms with E-state index in [9.17, 15) is 18.0 Å². The minimum Gasteiger partial charge on any atom is -0.324 e. The molecule has 21 heavy (non-hydrogen) atoms. The molecule has 0 radical (unpaired) electrons. The summed E-state index contributed by atoms with van der Waals surface area (Å²) in [7, 11) is 0. The second-order valence-corrected chi connectivity index (χ2v) is 5.59. The summed E-state index contributed by atoms with van der Waals surface area (Å²) in [4.78, 5) is 12.0. The Morgan fingerprint density at radius 1 is 1.48 bits per heavy atom. The van der Waals surface area contributed by atoms with E-state index in [4.69, 9.17) is 5.26 Å². The predicted molar refractivity (Wildman–Crippen MR) is 73.9 cm³/mol. The van der Waals surface area contributed by atoms with E-state index in [1.165, 1.54) is 0 Å². The average Bonchev–Trinajstić information content (AvgIpc) is 2.47. The Hall–Kier alpha value is -1.72. The normalized spacial score (nSPS) is 18.9. The average molecular weight is 315 g/mol. The largest absolute Gasteiger partial charge is 0.416 e. The molecule has 4 nitrogen and oxygen atoms in total. The number of nitriles is 1. The maximum atomic E-state index is 12.6. The van der Waals surface area contributed by atoms with Gasteiger partial charge in [-0.05, 0) is 18.2 Å². The van der Waals surface area contributed by atoms with Gasteiger partial charge in [-0.3, -0.25) is 4.79 Å². The molecule has 1 unspecified atom stereocenters. The first-order chi connectivity index (χ1) is 9.91. The van der Waals surface area contributed by atoms with Gasteiger partial charge in [0.1, 0.15) is 6.07 Å². The fourth-order valence-electron chi connectivity index (χ4n) is 1.88. The first-order valence-corrected chi connectivity index (χ1v) is 7.30. The monoisotopic (exact) mass is 315 g/mol. The van der Waals surface area contributed by atoms with Gasteiger partial charge in [0, 0.05) is 18.1 Å². The molecule has 8 heteroatoms. The lowest BCUT2D eigenvalue weighted by Crippen LogP contribution is -2.46. The van der Waals surface area contributed by atoms with E-state index in [1.54, 1.807) is 17.8 Å². The Morgan fingerprint density at radius 2 is 2.24 bits per heavy atom. The first-order valence-electron chi connectivity index (χ1n) is 6.15. The molecule has 2 rings (SSSR count). The van der Waals surface area contributed by atoms with Crippen LogP contribution in [0.15, 0.2) is 18.2 Å². The lowest BCUT2D eigenvalue weighted by Gasteiger charge is -2.22. The summed E-state index contributed by atoms with van der Waals surface area (Å²) in [5, 5.41) is 14.5. The van der Waals surface area contributed by atoms with Crippen molar-refractivity contribution < 1.29 is 18.0 Å². The number of anilines is 1. The molecule has 0 aromatic heterocycles. The first kappa shape index (κ1) is 15.7. The molecule has 0 bridgehead atoms. The fraction of sp³-hybridized carbons (Fsp3) is 0.385. The molecule has 0 saturated carbocycles.